The summed E-state index contributed by atoms with van der Waals surface area (Å²) in [5.41, 5.74) is 2.82. The highest BCUT2D eigenvalue weighted by molar-refractivity contribution is 7.90. The van der Waals surface area contributed by atoms with Gasteiger partial charge in [0.2, 0.25) is 5.95 Å². The van der Waals surface area contributed by atoms with Gasteiger partial charge in [-0.25, -0.2) is 23.4 Å². The fourth-order valence-electron chi connectivity index (χ4n) is 3.27. The van der Waals surface area contributed by atoms with Crippen LogP contribution in [0.5, 0.6) is 5.75 Å². The average Bonchev–Trinajstić information content (AvgIpc) is 3.00. The first kappa shape index (κ1) is 22.7. The molecule has 3 aromatic heterocycles. The zero-order chi connectivity index (χ0) is 22.6. The summed E-state index contributed by atoms with van der Waals surface area (Å²) >= 11 is 0. The third-order valence-corrected chi connectivity index (χ3v) is 5.81. The number of fused-ring (bicyclic) bond motifs is 1. The minimum atomic E-state index is -3.07. The van der Waals surface area contributed by atoms with E-state index < -0.39 is 9.84 Å². The van der Waals surface area contributed by atoms with Crippen molar-refractivity contribution in [3.05, 3.63) is 29.7 Å². The van der Waals surface area contributed by atoms with Crippen molar-refractivity contribution in [1.82, 2.24) is 24.7 Å². The van der Waals surface area contributed by atoms with Gasteiger partial charge in [0.15, 0.2) is 21.2 Å². The van der Waals surface area contributed by atoms with E-state index in [1.54, 1.807) is 4.68 Å². The fourth-order valence-corrected chi connectivity index (χ4v) is 3.66. The first-order valence-electron chi connectivity index (χ1n) is 10.2. The Morgan fingerprint density at radius 2 is 1.87 bits per heavy atom. The largest absolute Gasteiger partial charge is 0.489 e. The van der Waals surface area contributed by atoms with Crippen LogP contribution in [0.25, 0.3) is 11.0 Å². The normalized spacial score (nSPS) is 11.6. The molecule has 0 atom stereocenters. The molecule has 1 N–H and O–H groups in total. The van der Waals surface area contributed by atoms with Crippen LogP contribution in [0.2, 0.25) is 0 Å². The maximum Gasteiger partial charge on any atom is 0.223 e. The number of nitrogens with zero attached hydrogens (tertiary/aromatic N) is 6. The summed E-state index contributed by atoms with van der Waals surface area (Å²) in [5.74, 6) is 1.73. The summed E-state index contributed by atoms with van der Waals surface area (Å²) in [6.07, 6.45) is 4.22. The van der Waals surface area contributed by atoms with Gasteiger partial charge < -0.3 is 15.0 Å². The number of hydrogen-bond acceptors (Lipinski definition) is 9. The maximum absolute atomic E-state index is 11.2. The van der Waals surface area contributed by atoms with Gasteiger partial charge in [0.1, 0.15) is 12.4 Å². The molecule has 3 rings (SSSR count). The number of pyridine rings is 1. The Kier molecular flexibility index (Phi) is 6.94. The minimum Gasteiger partial charge on any atom is -0.489 e. The van der Waals surface area contributed by atoms with E-state index in [1.165, 1.54) is 18.6 Å². The molecule has 3 heterocycles. The van der Waals surface area contributed by atoms with Gasteiger partial charge in [0.25, 0.3) is 0 Å². The summed E-state index contributed by atoms with van der Waals surface area (Å²) in [6, 6.07) is 2.12. The van der Waals surface area contributed by atoms with Crippen LogP contribution in [-0.2, 0) is 23.4 Å². The zero-order valence-corrected chi connectivity index (χ0v) is 19.4. The number of sulfone groups is 1. The van der Waals surface area contributed by atoms with E-state index in [0.29, 0.717) is 18.2 Å². The smallest absolute Gasteiger partial charge is 0.223 e. The molecule has 0 radical (unpaired) electrons. The first-order valence-corrected chi connectivity index (χ1v) is 12.2. The molecule has 0 saturated carbocycles. The fraction of sp³-hybridized carbons (Fsp3) is 0.500. The van der Waals surface area contributed by atoms with Crippen LogP contribution in [0.3, 0.4) is 0 Å². The van der Waals surface area contributed by atoms with Crippen molar-refractivity contribution in [3.63, 3.8) is 0 Å². The summed E-state index contributed by atoms with van der Waals surface area (Å²) in [5, 5.41) is 8.74. The molecule has 0 aliphatic rings. The second-order valence-electron chi connectivity index (χ2n) is 7.30. The van der Waals surface area contributed by atoms with Gasteiger partial charge in [-0.1, -0.05) is 0 Å². The van der Waals surface area contributed by atoms with Crippen molar-refractivity contribution in [3.8, 4) is 5.75 Å². The van der Waals surface area contributed by atoms with E-state index in [1.807, 2.05) is 14.0 Å². The van der Waals surface area contributed by atoms with E-state index in [2.05, 4.69) is 45.2 Å². The van der Waals surface area contributed by atoms with Crippen LogP contribution in [0.4, 0.5) is 11.8 Å². The molecule has 3 aromatic rings. The highest BCUT2D eigenvalue weighted by atomic mass is 32.2. The van der Waals surface area contributed by atoms with Gasteiger partial charge in [-0.2, -0.15) is 5.10 Å². The number of aryl methyl sites for hydroxylation is 2. The Labute approximate surface area is 182 Å². The lowest BCUT2D eigenvalue weighted by Crippen LogP contribution is -2.25. The van der Waals surface area contributed by atoms with Crippen molar-refractivity contribution in [2.75, 3.05) is 41.9 Å². The van der Waals surface area contributed by atoms with E-state index in [-0.39, 0.29) is 12.4 Å². The van der Waals surface area contributed by atoms with E-state index >= 15 is 0 Å². The lowest BCUT2D eigenvalue weighted by molar-refractivity contribution is 0.338. The van der Waals surface area contributed by atoms with Crippen molar-refractivity contribution < 1.29 is 13.2 Å². The van der Waals surface area contributed by atoms with Crippen LogP contribution >= 0.6 is 0 Å². The molecule has 0 aliphatic heterocycles. The van der Waals surface area contributed by atoms with Crippen LogP contribution in [0, 0.1) is 6.92 Å². The van der Waals surface area contributed by atoms with E-state index in [0.717, 1.165) is 41.2 Å². The Morgan fingerprint density at radius 3 is 2.48 bits per heavy atom. The second kappa shape index (κ2) is 9.46. The average molecular weight is 448 g/mol. The number of nitrogens with one attached hydrogen (secondary N) is 1. The molecule has 11 heteroatoms. The molecule has 0 amide bonds. The molecule has 31 heavy (non-hydrogen) atoms. The summed E-state index contributed by atoms with van der Waals surface area (Å²) in [4.78, 5) is 15.6. The van der Waals surface area contributed by atoms with Crippen LogP contribution in [0.15, 0.2) is 18.5 Å². The third-order valence-electron chi connectivity index (χ3n) is 4.91. The highest BCUT2D eigenvalue weighted by Crippen LogP contribution is 2.26. The SMILES string of the molecule is CCN(CC)c1nc2c(cc1CNc1ncc(OCCS(C)(=O)=O)cn1)c(C)nn2C. The lowest BCUT2D eigenvalue weighted by atomic mass is 10.1. The van der Waals surface area contributed by atoms with Gasteiger partial charge in [-0.3, -0.25) is 4.68 Å². The molecule has 168 valence electrons. The molecule has 0 aromatic carbocycles. The number of rotatable bonds is 10. The van der Waals surface area contributed by atoms with Crippen LogP contribution < -0.4 is 15.0 Å². The second-order valence-corrected chi connectivity index (χ2v) is 9.56. The van der Waals surface area contributed by atoms with Crippen molar-refractivity contribution in [2.45, 2.75) is 27.3 Å². The Hall–Kier alpha value is -2.95. The quantitative estimate of drug-likeness (QED) is 0.498. The number of ether oxygens (including phenoxy) is 1. The lowest BCUT2D eigenvalue weighted by Gasteiger charge is -2.23. The monoisotopic (exact) mass is 447 g/mol. The van der Waals surface area contributed by atoms with Gasteiger partial charge in [-0.05, 0) is 26.8 Å². The van der Waals surface area contributed by atoms with Crippen molar-refractivity contribution in [1.29, 1.82) is 0 Å². The van der Waals surface area contributed by atoms with Gasteiger partial charge >= 0.3 is 0 Å². The zero-order valence-electron chi connectivity index (χ0n) is 18.6. The summed E-state index contributed by atoms with van der Waals surface area (Å²) < 4.78 is 29.6. The molecule has 10 nitrogen and oxygen atoms in total. The Balaban J connectivity index is 1.76. The van der Waals surface area contributed by atoms with Crippen LogP contribution in [-0.4, -0.2) is 64.9 Å². The first-order chi connectivity index (χ1) is 14.7. The maximum atomic E-state index is 11.2. The van der Waals surface area contributed by atoms with Gasteiger partial charge in [0.05, 0.1) is 23.8 Å². The summed E-state index contributed by atoms with van der Waals surface area (Å²) in [6.45, 7) is 8.43. The van der Waals surface area contributed by atoms with E-state index in [4.69, 9.17) is 9.72 Å². The highest BCUT2D eigenvalue weighted by Gasteiger charge is 2.16. The van der Waals surface area contributed by atoms with E-state index in [9.17, 15) is 8.42 Å². The minimum absolute atomic E-state index is 0.0512. The van der Waals surface area contributed by atoms with Gasteiger partial charge in [0, 0.05) is 43.9 Å². The molecule has 0 spiro atoms. The molecule has 0 unspecified atom stereocenters. The molecular formula is C20H29N7O3S. The molecule has 0 aliphatic carbocycles. The molecule has 0 saturated heterocycles. The summed E-state index contributed by atoms with van der Waals surface area (Å²) in [7, 11) is -1.17. The Bertz CT molecular complexity index is 1140. The topological polar surface area (TPSA) is 115 Å². The molecular weight excluding hydrogens is 418 g/mol. The van der Waals surface area contributed by atoms with Crippen molar-refractivity contribution in [2.24, 2.45) is 7.05 Å². The molecule has 0 fully saturated rings. The number of aromatic nitrogens is 5. The molecule has 0 bridgehead atoms. The standard InChI is InChI=1S/C20H29N7O3S/c1-6-27(7-2)18-15(10-17-14(3)25-26(4)19(17)24-18)11-21-20-22-12-16(13-23-20)30-8-9-31(5,28)29/h10,12-13H,6-9,11H2,1-5H3,(H,21,22,23). The number of anilines is 2. The van der Waals surface area contributed by atoms with Crippen molar-refractivity contribution >= 4 is 32.6 Å². The predicted molar refractivity (Wildman–Crippen MR) is 121 cm³/mol. The number of hydrogen-bond donors (Lipinski definition) is 1. The Morgan fingerprint density at radius 1 is 1.19 bits per heavy atom. The predicted octanol–water partition coefficient (Wildman–Crippen LogP) is 1.95. The van der Waals surface area contributed by atoms with Crippen LogP contribution in [0.1, 0.15) is 25.1 Å². The third kappa shape index (κ3) is 5.60. The van der Waals surface area contributed by atoms with Gasteiger partial charge in [-0.15, -0.1) is 0 Å².